The Morgan fingerprint density at radius 2 is 1.52 bits per heavy atom. The van der Waals surface area contributed by atoms with Crippen LogP contribution in [-0.4, -0.2) is 70.6 Å². The van der Waals surface area contributed by atoms with Gasteiger partial charge in [0, 0.05) is 26.0 Å². The second-order valence-electron chi connectivity index (χ2n) is 11.3. The minimum Gasteiger partial charge on any atom is -0.493 e. The van der Waals surface area contributed by atoms with Crippen LogP contribution in [0.25, 0.3) is 0 Å². The number of carbonyl (C=O) groups is 3. The molecule has 0 spiro atoms. The fraction of sp³-hybridized carbons (Fsp3) is 0.633. The largest absolute Gasteiger partial charge is 0.493 e. The fourth-order valence-electron chi connectivity index (χ4n) is 6.78. The number of fused-ring (bicyclic) bond motifs is 3. The first-order valence-electron chi connectivity index (χ1n) is 13.8. The number of esters is 2. The van der Waals surface area contributed by atoms with Crippen LogP contribution in [0.1, 0.15) is 66.5 Å². The Hall–Kier alpha value is -3.03. The molecule has 0 saturated carbocycles. The van der Waals surface area contributed by atoms with Crippen LogP contribution in [0.2, 0.25) is 16.6 Å². The lowest BCUT2D eigenvalue weighted by molar-refractivity contribution is -0.167. The number of amides is 1. The van der Waals surface area contributed by atoms with Gasteiger partial charge in [0.05, 0.1) is 20.8 Å². The van der Waals surface area contributed by atoms with Gasteiger partial charge in [0.1, 0.15) is 0 Å². The Balaban J connectivity index is 2.24. The molecular weight excluding hydrogens is 530 g/mol. The van der Waals surface area contributed by atoms with Crippen molar-refractivity contribution in [2.24, 2.45) is 0 Å². The first kappa shape index (κ1) is 31.5. The Kier molecular flexibility index (Phi) is 9.63. The van der Waals surface area contributed by atoms with Crippen LogP contribution in [0.4, 0.5) is 0 Å². The van der Waals surface area contributed by atoms with E-state index in [4.69, 9.17) is 23.4 Å². The molecule has 220 valence electrons. The summed E-state index contributed by atoms with van der Waals surface area (Å²) in [4.78, 5) is 39.7. The summed E-state index contributed by atoms with van der Waals surface area (Å²) in [5.41, 5.74) is 1.19. The standard InChI is InChI=1S/C30H43NO8Si/c1-18(2)40(19(3)4,20(5)6)37-15-11-13-30-24-17-26(36-10)25(35-9)16-23(24)12-14-31(30)29(34)27(38-21(7)32)28(30)39-22(8)33/h16-20,27-28H,12,14-15H2,1-10H3/t27-,28-,30+/m1/s1. The summed E-state index contributed by atoms with van der Waals surface area (Å²) in [6.07, 6.45) is -2.04. The van der Waals surface area contributed by atoms with Gasteiger partial charge in [0.15, 0.2) is 23.1 Å². The highest BCUT2D eigenvalue weighted by Gasteiger charge is 2.64. The summed E-state index contributed by atoms with van der Waals surface area (Å²) in [5, 5.41) is 0. The molecular formula is C30H43NO8Si. The SMILES string of the molecule is COc1cc2c(cc1OC)[C@@]1(C#CCO[Si](C(C)C)(C(C)C)C(C)C)[C@H](OC(C)=O)[C@@H](OC(C)=O)C(=O)N1CC2. The summed E-state index contributed by atoms with van der Waals surface area (Å²) in [7, 11) is 0.862. The predicted octanol–water partition coefficient (Wildman–Crippen LogP) is 4.36. The Morgan fingerprint density at radius 1 is 0.975 bits per heavy atom. The maximum absolute atomic E-state index is 13.7. The Morgan fingerprint density at radius 3 is 2.02 bits per heavy atom. The van der Waals surface area contributed by atoms with Crippen molar-refractivity contribution in [2.45, 2.75) is 96.2 Å². The van der Waals surface area contributed by atoms with Crippen LogP contribution in [0, 0.1) is 11.8 Å². The van der Waals surface area contributed by atoms with E-state index in [0.717, 1.165) is 5.56 Å². The summed E-state index contributed by atoms with van der Waals surface area (Å²) in [6.45, 7) is 16.1. The number of ether oxygens (including phenoxy) is 4. The molecule has 0 unspecified atom stereocenters. The van der Waals surface area contributed by atoms with Crippen LogP contribution >= 0.6 is 0 Å². The van der Waals surface area contributed by atoms with Gasteiger partial charge in [0.25, 0.3) is 5.91 Å². The minimum absolute atomic E-state index is 0.151. The van der Waals surface area contributed by atoms with Gasteiger partial charge in [-0.15, -0.1) is 0 Å². The van der Waals surface area contributed by atoms with Gasteiger partial charge in [-0.2, -0.15) is 0 Å². The monoisotopic (exact) mass is 573 g/mol. The summed E-state index contributed by atoms with van der Waals surface area (Å²) in [5.74, 6) is 5.75. The molecule has 9 nitrogen and oxygen atoms in total. The first-order chi connectivity index (χ1) is 18.8. The summed E-state index contributed by atoms with van der Waals surface area (Å²) < 4.78 is 29.0. The quantitative estimate of drug-likeness (QED) is 0.244. The second kappa shape index (κ2) is 12.2. The minimum atomic E-state index is -2.22. The molecule has 1 aromatic rings. The number of methoxy groups -OCH3 is 2. The van der Waals surface area contributed by atoms with E-state index in [-0.39, 0.29) is 13.2 Å². The van der Waals surface area contributed by atoms with Crippen molar-refractivity contribution in [3.05, 3.63) is 23.3 Å². The second-order valence-corrected chi connectivity index (χ2v) is 16.8. The zero-order valence-corrected chi connectivity index (χ0v) is 26.4. The highest BCUT2D eigenvalue weighted by molar-refractivity contribution is 6.77. The summed E-state index contributed by atoms with van der Waals surface area (Å²) >= 11 is 0. The number of rotatable bonds is 9. The average Bonchev–Trinajstić information content (AvgIpc) is 3.09. The zero-order chi connectivity index (χ0) is 30.0. The molecule has 0 aliphatic carbocycles. The van der Waals surface area contributed by atoms with Gasteiger partial charge in [0.2, 0.25) is 14.4 Å². The highest BCUT2D eigenvalue weighted by Crippen LogP contribution is 2.49. The van der Waals surface area contributed by atoms with Gasteiger partial charge in [-0.25, -0.2) is 0 Å². The van der Waals surface area contributed by atoms with Crippen molar-refractivity contribution in [3.63, 3.8) is 0 Å². The molecule has 0 bridgehead atoms. The van der Waals surface area contributed by atoms with Crippen molar-refractivity contribution in [1.82, 2.24) is 4.90 Å². The molecule has 1 saturated heterocycles. The summed E-state index contributed by atoms with van der Waals surface area (Å²) in [6, 6.07) is 3.62. The average molecular weight is 574 g/mol. The van der Waals surface area contributed by atoms with Crippen molar-refractivity contribution in [3.8, 4) is 23.3 Å². The molecule has 2 heterocycles. The van der Waals surface area contributed by atoms with Crippen LogP contribution in [0.5, 0.6) is 11.5 Å². The number of benzene rings is 1. The Bertz CT molecular complexity index is 1180. The predicted molar refractivity (Wildman–Crippen MR) is 153 cm³/mol. The molecule has 3 rings (SSSR count). The molecule has 3 atom stereocenters. The maximum atomic E-state index is 13.7. The number of carbonyl (C=O) groups excluding carboxylic acids is 3. The van der Waals surface area contributed by atoms with E-state index in [1.54, 1.807) is 18.1 Å². The van der Waals surface area contributed by atoms with Crippen molar-refractivity contribution in [2.75, 3.05) is 27.4 Å². The molecule has 40 heavy (non-hydrogen) atoms. The van der Waals surface area contributed by atoms with Crippen LogP contribution in [0.15, 0.2) is 12.1 Å². The van der Waals surface area contributed by atoms with E-state index >= 15 is 0 Å². The topological polar surface area (TPSA) is 101 Å². The van der Waals surface area contributed by atoms with Crippen molar-refractivity contribution < 1.29 is 37.8 Å². The van der Waals surface area contributed by atoms with E-state index in [1.165, 1.54) is 21.0 Å². The molecule has 0 aromatic heterocycles. The van der Waals surface area contributed by atoms with Crippen LogP contribution in [-0.2, 0) is 40.2 Å². The Labute approximate surface area is 238 Å². The highest BCUT2D eigenvalue weighted by atomic mass is 28.4. The number of nitrogens with zero attached hydrogens (tertiary/aromatic N) is 1. The molecule has 1 aromatic carbocycles. The third-order valence-electron chi connectivity index (χ3n) is 8.21. The van der Waals surface area contributed by atoms with Crippen molar-refractivity contribution in [1.29, 1.82) is 0 Å². The van der Waals surface area contributed by atoms with Crippen molar-refractivity contribution >= 4 is 26.2 Å². The van der Waals surface area contributed by atoms with E-state index in [1.807, 2.05) is 6.07 Å². The smallest absolute Gasteiger partial charge is 0.303 e. The molecule has 1 amide bonds. The molecule has 2 aliphatic rings. The normalized spacial score (nSPS) is 22.0. The van der Waals surface area contributed by atoms with E-state index < -0.39 is 43.9 Å². The third kappa shape index (κ3) is 5.33. The van der Waals surface area contributed by atoms with Gasteiger partial charge in [-0.3, -0.25) is 14.4 Å². The molecule has 1 fully saturated rings. The molecule has 10 heteroatoms. The first-order valence-corrected chi connectivity index (χ1v) is 16.0. The van der Waals surface area contributed by atoms with Gasteiger partial charge in [-0.05, 0) is 40.7 Å². The lowest BCUT2D eigenvalue weighted by Crippen LogP contribution is -2.53. The van der Waals surface area contributed by atoms with E-state index in [9.17, 15) is 14.4 Å². The zero-order valence-electron chi connectivity index (χ0n) is 25.4. The van der Waals surface area contributed by atoms with Crippen LogP contribution < -0.4 is 9.47 Å². The fourth-order valence-corrected chi connectivity index (χ4v) is 12.1. The van der Waals surface area contributed by atoms with E-state index in [0.29, 0.717) is 40.1 Å². The van der Waals surface area contributed by atoms with Crippen LogP contribution in [0.3, 0.4) is 0 Å². The van der Waals surface area contributed by atoms with E-state index in [2.05, 4.69) is 53.4 Å². The third-order valence-corrected chi connectivity index (χ3v) is 14.3. The molecule has 0 radical (unpaired) electrons. The van der Waals surface area contributed by atoms with Gasteiger partial charge in [-0.1, -0.05) is 53.4 Å². The molecule has 2 aliphatic heterocycles. The molecule has 0 N–H and O–H groups in total. The number of hydrogen-bond donors (Lipinski definition) is 0. The van der Waals surface area contributed by atoms with Gasteiger partial charge >= 0.3 is 11.9 Å². The lowest BCUT2D eigenvalue weighted by atomic mass is 9.78. The van der Waals surface area contributed by atoms with Gasteiger partial charge < -0.3 is 28.3 Å². The lowest BCUT2D eigenvalue weighted by Gasteiger charge is -2.43. The number of hydrogen-bond acceptors (Lipinski definition) is 8. The maximum Gasteiger partial charge on any atom is 0.303 e.